The fourth-order valence-corrected chi connectivity index (χ4v) is 3.43. The van der Waals surface area contributed by atoms with Gasteiger partial charge in [-0.25, -0.2) is 8.78 Å². The molecule has 0 aromatic carbocycles. The Morgan fingerprint density at radius 2 is 2.16 bits per heavy atom. The van der Waals surface area contributed by atoms with Gasteiger partial charge in [0, 0.05) is 25.6 Å². The lowest BCUT2D eigenvalue weighted by Crippen LogP contribution is -2.44. The summed E-state index contributed by atoms with van der Waals surface area (Å²) in [6.07, 6.45) is 3.95. The Labute approximate surface area is 144 Å². The Morgan fingerprint density at radius 1 is 1.44 bits per heavy atom. The minimum atomic E-state index is -2.64. The molecule has 2 amide bonds. The van der Waals surface area contributed by atoms with E-state index in [1.807, 2.05) is 0 Å². The van der Waals surface area contributed by atoms with Crippen LogP contribution in [0.5, 0.6) is 0 Å². The Hall–Kier alpha value is -2.03. The van der Waals surface area contributed by atoms with E-state index in [-0.39, 0.29) is 43.4 Å². The predicted molar refractivity (Wildman–Crippen MR) is 86.9 cm³/mol. The zero-order chi connectivity index (χ0) is 18.0. The van der Waals surface area contributed by atoms with Crippen molar-refractivity contribution in [1.29, 1.82) is 0 Å². The highest BCUT2D eigenvalue weighted by atomic mass is 19.3. The minimum absolute atomic E-state index is 0.0113. The third kappa shape index (κ3) is 4.33. The van der Waals surface area contributed by atoms with Crippen LogP contribution in [-0.4, -0.2) is 40.1 Å². The topological polar surface area (TPSA) is 102 Å². The van der Waals surface area contributed by atoms with Gasteiger partial charge in [0.25, 0.3) is 0 Å². The Morgan fingerprint density at radius 3 is 2.80 bits per heavy atom. The van der Waals surface area contributed by atoms with Crippen LogP contribution in [0.4, 0.5) is 14.5 Å². The van der Waals surface area contributed by atoms with Crippen molar-refractivity contribution in [3.63, 3.8) is 0 Å². The molecule has 0 radical (unpaired) electrons. The van der Waals surface area contributed by atoms with Crippen molar-refractivity contribution in [2.24, 2.45) is 17.6 Å². The third-order valence-corrected chi connectivity index (χ3v) is 5.04. The van der Waals surface area contributed by atoms with Crippen LogP contribution in [0, 0.1) is 11.8 Å². The first kappa shape index (κ1) is 17.8. The van der Waals surface area contributed by atoms with Gasteiger partial charge >= 0.3 is 0 Å². The monoisotopic (exact) mass is 355 g/mol. The number of nitrogens with one attached hydrogen (secondary N) is 2. The van der Waals surface area contributed by atoms with Crippen molar-refractivity contribution in [3.8, 4) is 0 Å². The van der Waals surface area contributed by atoms with E-state index in [0.29, 0.717) is 18.8 Å². The van der Waals surface area contributed by atoms with Gasteiger partial charge in [-0.05, 0) is 25.2 Å². The fourth-order valence-electron chi connectivity index (χ4n) is 3.43. The molecule has 1 saturated carbocycles. The van der Waals surface area contributed by atoms with Crippen LogP contribution >= 0.6 is 0 Å². The molecule has 138 valence electrons. The van der Waals surface area contributed by atoms with Gasteiger partial charge in [0.15, 0.2) is 0 Å². The molecule has 3 rings (SSSR count). The molecule has 2 heterocycles. The molecule has 1 aliphatic carbocycles. The van der Waals surface area contributed by atoms with Crippen molar-refractivity contribution in [1.82, 2.24) is 15.1 Å². The number of hydrogen-bond donors (Lipinski definition) is 3. The lowest BCUT2D eigenvalue weighted by Gasteiger charge is -2.31. The summed E-state index contributed by atoms with van der Waals surface area (Å²) >= 11 is 0. The first-order valence-electron chi connectivity index (χ1n) is 8.58. The van der Waals surface area contributed by atoms with E-state index in [4.69, 9.17) is 5.73 Å². The molecular formula is C16H23F2N5O2. The van der Waals surface area contributed by atoms with E-state index in [0.717, 1.165) is 6.42 Å². The van der Waals surface area contributed by atoms with Gasteiger partial charge < -0.3 is 16.4 Å². The predicted octanol–water partition coefficient (Wildman–Crippen LogP) is 1.11. The maximum Gasteiger partial charge on any atom is 0.248 e. The largest absolute Gasteiger partial charge is 0.356 e. The van der Waals surface area contributed by atoms with Gasteiger partial charge in [-0.2, -0.15) is 5.10 Å². The summed E-state index contributed by atoms with van der Waals surface area (Å²) in [7, 11) is 0. The summed E-state index contributed by atoms with van der Waals surface area (Å²) < 4.78 is 28.0. The molecule has 25 heavy (non-hydrogen) atoms. The number of alkyl halides is 2. The number of anilines is 1. The summed E-state index contributed by atoms with van der Waals surface area (Å²) in [6.45, 7) is 1.12. The van der Waals surface area contributed by atoms with Crippen molar-refractivity contribution >= 4 is 17.5 Å². The molecular weight excluding hydrogens is 332 g/mol. The van der Waals surface area contributed by atoms with Gasteiger partial charge in [0.1, 0.15) is 0 Å². The molecule has 1 aliphatic heterocycles. The second-order valence-corrected chi connectivity index (χ2v) is 6.94. The van der Waals surface area contributed by atoms with Gasteiger partial charge in [-0.3, -0.25) is 14.3 Å². The standard InChI is InChI=1S/C16H23F2N5O2/c17-16(18)4-1-10(2-5-16)13(19)15(25)22-12-7-21-23(9-12)8-11-3-6-20-14(11)24/h7,9-11,13H,1-6,8,19H2,(H,20,24)(H,22,25)/t11?,13-/m0/s1. The van der Waals surface area contributed by atoms with Crippen molar-refractivity contribution < 1.29 is 18.4 Å². The highest BCUT2D eigenvalue weighted by molar-refractivity contribution is 5.94. The van der Waals surface area contributed by atoms with Gasteiger partial charge in [0.05, 0.1) is 30.4 Å². The van der Waals surface area contributed by atoms with Crippen LogP contribution in [0.2, 0.25) is 0 Å². The third-order valence-electron chi connectivity index (χ3n) is 5.04. The molecule has 2 fully saturated rings. The number of rotatable bonds is 5. The molecule has 1 saturated heterocycles. The summed E-state index contributed by atoms with van der Waals surface area (Å²) in [5.74, 6) is -3.38. The molecule has 2 atom stereocenters. The van der Waals surface area contributed by atoms with Crippen LogP contribution in [0.15, 0.2) is 12.4 Å². The second kappa shape index (κ2) is 7.07. The quantitative estimate of drug-likeness (QED) is 0.736. The Balaban J connectivity index is 1.52. The molecule has 0 spiro atoms. The lowest BCUT2D eigenvalue weighted by atomic mass is 9.82. The summed E-state index contributed by atoms with van der Waals surface area (Å²) in [4.78, 5) is 23.8. The Kier molecular flexibility index (Phi) is 5.03. The summed E-state index contributed by atoms with van der Waals surface area (Å²) in [6, 6.07) is -0.819. The number of hydrogen-bond acceptors (Lipinski definition) is 4. The van der Waals surface area contributed by atoms with Crippen LogP contribution in [0.25, 0.3) is 0 Å². The number of carbonyl (C=O) groups is 2. The van der Waals surface area contributed by atoms with E-state index in [1.54, 1.807) is 10.9 Å². The van der Waals surface area contributed by atoms with E-state index in [2.05, 4.69) is 15.7 Å². The first-order chi connectivity index (χ1) is 11.8. The van der Waals surface area contributed by atoms with Crippen LogP contribution in [0.3, 0.4) is 0 Å². The summed E-state index contributed by atoms with van der Waals surface area (Å²) in [5, 5.41) is 9.59. The zero-order valence-electron chi connectivity index (χ0n) is 13.9. The molecule has 1 aromatic heterocycles. The molecule has 9 heteroatoms. The normalized spacial score (nSPS) is 24.8. The zero-order valence-corrected chi connectivity index (χ0v) is 13.9. The van der Waals surface area contributed by atoms with Crippen molar-refractivity contribution in [2.75, 3.05) is 11.9 Å². The van der Waals surface area contributed by atoms with E-state index in [9.17, 15) is 18.4 Å². The fraction of sp³-hybridized carbons (Fsp3) is 0.688. The van der Waals surface area contributed by atoms with Gasteiger partial charge in [0.2, 0.25) is 17.7 Å². The number of halogens is 2. The highest BCUT2D eigenvalue weighted by Gasteiger charge is 2.38. The van der Waals surface area contributed by atoms with Crippen LogP contribution in [-0.2, 0) is 16.1 Å². The number of carbonyl (C=O) groups excluding carboxylic acids is 2. The van der Waals surface area contributed by atoms with Gasteiger partial charge in [-0.15, -0.1) is 0 Å². The van der Waals surface area contributed by atoms with E-state index in [1.165, 1.54) is 6.20 Å². The molecule has 7 nitrogen and oxygen atoms in total. The number of aromatic nitrogens is 2. The Bertz CT molecular complexity index is 638. The smallest absolute Gasteiger partial charge is 0.248 e. The number of nitrogens with two attached hydrogens (primary N) is 1. The maximum atomic E-state index is 13.2. The van der Waals surface area contributed by atoms with Crippen molar-refractivity contribution in [2.45, 2.75) is 50.6 Å². The van der Waals surface area contributed by atoms with E-state index < -0.39 is 17.9 Å². The van der Waals surface area contributed by atoms with Gasteiger partial charge in [-0.1, -0.05) is 0 Å². The van der Waals surface area contributed by atoms with E-state index >= 15 is 0 Å². The minimum Gasteiger partial charge on any atom is -0.356 e. The molecule has 1 unspecified atom stereocenters. The first-order valence-corrected chi connectivity index (χ1v) is 8.58. The molecule has 4 N–H and O–H groups in total. The maximum absolute atomic E-state index is 13.2. The molecule has 0 bridgehead atoms. The number of nitrogens with zero attached hydrogens (tertiary/aromatic N) is 2. The SMILES string of the molecule is N[C@H](C(=O)Nc1cnn(CC2CCNC2=O)c1)C1CCC(F)(F)CC1. The van der Waals surface area contributed by atoms with Crippen LogP contribution in [0.1, 0.15) is 32.1 Å². The molecule has 1 aromatic rings. The lowest BCUT2D eigenvalue weighted by molar-refractivity contribution is -0.123. The average molecular weight is 355 g/mol. The average Bonchev–Trinajstić information content (AvgIpc) is 3.16. The second-order valence-electron chi connectivity index (χ2n) is 6.94. The summed E-state index contributed by atoms with van der Waals surface area (Å²) in [5.41, 5.74) is 6.43. The highest BCUT2D eigenvalue weighted by Crippen LogP contribution is 2.37. The van der Waals surface area contributed by atoms with Crippen LogP contribution < -0.4 is 16.4 Å². The van der Waals surface area contributed by atoms with Crippen molar-refractivity contribution in [3.05, 3.63) is 12.4 Å². The molecule has 2 aliphatic rings. The number of amides is 2.